The number of carbonyl (C=O) groups excluding carboxylic acids is 1. The number of fused-ring (bicyclic) bond motifs is 1. The lowest BCUT2D eigenvalue weighted by Gasteiger charge is -2.14. The number of anilines is 2. The van der Waals surface area contributed by atoms with E-state index in [1.54, 1.807) is 0 Å². The zero-order valence-corrected chi connectivity index (χ0v) is 17.1. The predicted octanol–water partition coefficient (Wildman–Crippen LogP) is 4.94. The third kappa shape index (κ3) is 3.72. The number of hydrogen-bond acceptors (Lipinski definition) is 3. The minimum atomic E-state index is -0.125. The third-order valence-electron chi connectivity index (χ3n) is 5.08. The Morgan fingerprint density at radius 3 is 2.59 bits per heavy atom. The van der Waals surface area contributed by atoms with Crippen LogP contribution in [-0.4, -0.2) is 29.4 Å². The van der Waals surface area contributed by atoms with Crippen molar-refractivity contribution >= 4 is 22.9 Å². The molecule has 1 amide bonds. The van der Waals surface area contributed by atoms with Crippen LogP contribution in [-0.2, 0) is 0 Å². The van der Waals surface area contributed by atoms with Gasteiger partial charge in [0.2, 0.25) is 0 Å². The van der Waals surface area contributed by atoms with E-state index in [0.29, 0.717) is 5.56 Å². The summed E-state index contributed by atoms with van der Waals surface area (Å²) in [6.07, 6.45) is 4.01. The van der Waals surface area contributed by atoms with Gasteiger partial charge >= 0.3 is 0 Å². The van der Waals surface area contributed by atoms with Gasteiger partial charge in [0.05, 0.1) is 5.69 Å². The van der Waals surface area contributed by atoms with E-state index in [9.17, 15) is 4.79 Å². The van der Waals surface area contributed by atoms with Gasteiger partial charge in [-0.3, -0.25) is 4.79 Å². The van der Waals surface area contributed by atoms with Crippen molar-refractivity contribution in [2.75, 3.05) is 24.3 Å². The fourth-order valence-corrected chi connectivity index (χ4v) is 3.33. The number of hydrogen-bond donors (Lipinski definition) is 1. The van der Waals surface area contributed by atoms with Crippen LogP contribution in [0.3, 0.4) is 0 Å². The van der Waals surface area contributed by atoms with E-state index >= 15 is 0 Å². The van der Waals surface area contributed by atoms with Gasteiger partial charge in [-0.1, -0.05) is 24.3 Å². The Labute approximate surface area is 170 Å². The van der Waals surface area contributed by atoms with Crippen LogP contribution in [0.4, 0.5) is 11.4 Å². The van der Waals surface area contributed by atoms with Gasteiger partial charge in [0.15, 0.2) is 0 Å². The Hall–Kier alpha value is -3.60. The molecule has 2 aromatic carbocycles. The number of amides is 1. The molecule has 0 bridgehead atoms. The van der Waals surface area contributed by atoms with Crippen molar-refractivity contribution in [3.63, 3.8) is 0 Å². The quantitative estimate of drug-likeness (QED) is 0.542. The van der Waals surface area contributed by atoms with Crippen molar-refractivity contribution in [1.29, 1.82) is 0 Å². The zero-order valence-electron chi connectivity index (χ0n) is 17.1. The van der Waals surface area contributed by atoms with Crippen molar-refractivity contribution < 1.29 is 4.79 Å². The number of benzene rings is 2. The maximum atomic E-state index is 12.8. The largest absolute Gasteiger partial charge is 0.378 e. The van der Waals surface area contributed by atoms with Gasteiger partial charge < -0.3 is 14.6 Å². The van der Waals surface area contributed by atoms with Crippen LogP contribution in [0.2, 0.25) is 0 Å². The highest BCUT2D eigenvalue weighted by atomic mass is 16.1. The fraction of sp³-hybridized carbons (Fsp3) is 0.167. The molecular weight excluding hydrogens is 360 g/mol. The number of carbonyl (C=O) groups is 1. The summed E-state index contributed by atoms with van der Waals surface area (Å²) in [7, 11) is 3.92. The van der Waals surface area contributed by atoms with Crippen LogP contribution in [0.25, 0.3) is 16.9 Å². The number of pyridine rings is 1. The first-order valence-corrected chi connectivity index (χ1v) is 9.56. The number of aryl methyl sites for hydroxylation is 2. The molecule has 1 N–H and O–H groups in total. The normalized spacial score (nSPS) is 10.9. The number of nitrogens with one attached hydrogen (secondary N) is 1. The van der Waals surface area contributed by atoms with Gasteiger partial charge in [-0.25, -0.2) is 4.98 Å². The average Bonchev–Trinajstić information content (AvgIpc) is 3.15. The molecule has 0 aliphatic rings. The molecule has 0 fully saturated rings. The van der Waals surface area contributed by atoms with E-state index in [1.807, 2.05) is 91.2 Å². The highest BCUT2D eigenvalue weighted by molar-refractivity contribution is 6.05. The lowest BCUT2D eigenvalue weighted by atomic mass is 10.1. The maximum absolute atomic E-state index is 12.8. The van der Waals surface area contributed by atoms with Crippen LogP contribution in [0.15, 0.2) is 67.0 Å². The van der Waals surface area contributed by atoms with E-state index in [2.05, 4.69) is 18.3 Å². The van der Waals surface area contributed by atoms with Crippen molar-refractivity contribution in [1.82, 2.24) is 9.38 Å². The summed E-state index contributed by atoms with van der Waals surface area (Å²) in [6, 6.07) is 17.7. The number of rotatable bonds is 4. The molecule has 0 saturated carbocycles. The van der Waals surface area contributed by atoms with Gasteiger partial charge in [-0.15, -0.1) is 0 Å². The van der Waals surface area contributed by atoms with Gasteiger partial charge in [-0.2, -0.15) is 0 Å². The molecule has 0 aliphatic heterocycles. The summed E-state index contributed by atoms with van der Waals surface area (Å²) in [5.41, 5.74) is 7.32. The Morgan fingerprint density at radius 2 is 1.83 bits per heavy atom. The second-order valence-corrected chi connectivity index (χ2v) is 7.48. The molecule has 0 unspecified atom stereocenters. The topological polar surface area (TPSA) is 49.6 Å². The van der Waals surface area contributed by atoms with Crippen molar-refractivity contribution in [2.45, 2.75) is 13.8 Å². The molecule has 0 spiro atoms. The van der Waals surface area contributed by atoms with Gasteiger partial charge in [-0.05, 0) is 55.3 Å². The van der Waals surface area contributed by atoms with Crippen molar-refractivity contribution in [3.8, 4) is 11.3 Å². The Kier molecular flexibility index (Phi) is 4.80. The predicted molar refractivity (Wildman–Crippen MR) is 119 cm³/mol. The zero-order chi connectivity index (χ0) is 20.5. The maximum Gasteiger partial charge on any atom is 0.255 e. The molecule has 146 valence electrons. The van der Waals surface area contributed by atoms with Crippen LogP contribution in [0.1, 0.15) is 21.5 Å². The SMILES string of the molecule is Cc1ccc(-c2cn3cccc(C)c3n2)cc1NC(=O)c1cccc(N(C)C)c1. The smallest absolute Gasteiger partial charge is 0.255 e. The van der Waals surface area contributed by atoms with E-state index in [0.717, 1.165) is 39.4 Å². The summed E-state index contributed by atoms with van der Waals surface area (Å²) in [5.74, 6) is -0.125. The van der Waals surface area contributed by atoms with Crippen molar-refractivity contribution in [2.24, 2.45) is 0 Å². The molecular formula is C24H24N4O. The summed E-state index contributed by atoms with van der Waals surface area (Å²) in [4.78, 5) is 19.6. The molecule has 5 nitrogen and oxygen atoms in total. The Balaban J connectivity index is 1.65. The molecule has 4 rings (SSSR count). The first-order chi connectivity index (χ1) is 13.9. The Bertz CT molecular complexity index is 1210. The van der Waals surface area contributed by atoms with E-state index < -0.39 is 0 Å². The number of aromatic nitrogens is 2. The fourth-order valence-electron chi connectivity index (χ4n) is 3.33. The summed E-state index contributed by atoms with van der Waals surface area (Å²) >= 11 is 0. The first-order valence-electron chi connectivity index (χ1n) is 9.56. The summed E-state index contributed by atoms with van der Waals surface area (Å²) in [6.45, 7) is 4.04. The monoisotopic (exact) mass is 384 g/mol. The molecule has 0 aliphatic carbocycles. The molecule has 4 aromatic rings. The summed E-state index contributed by atoms with van der Waals surface area (Å²) < 4.78 is 2.02. The van der Waals surface area contributed by atoms with Crippen LogP contribution in [0.5, 0.6) is 0 Å². The third-order valence-corrected chi connectivity index (χ3v) is 5.08. The average molecular weight is 384 g/mol. The van der Waals surface area contributed by atoms with Gasteiger partial charge in [0, 0.05) is 49.0 Å². The second kappa shape index (κ2) is 7.43. The Morgan fingerprint density at radius 1 is 1.00 bits per heavy atom. The molecule has 29 heavy (non-hydrogen) atoms. The molecule has 2 heterocycles. The van der Waals surface area contributed by atoms with E-state index in [4.69, 9.17) is 4.98 Å². The lowest BCUT2D eigenvalue weighted by Crippen LogP contribution is -2.14. The van der Waals surface area contributed by atoms with Gasteiger partial charge in [0.25, 0.3) is 5.91 Å². The molecule has 2 aromatic heterocycles. The van der Waals surface area contributed by atoms with Crippen LogP contribution in [0, 0.1) is 13.8 Å². The highest BCUT2D eigenvalue weighted by Gasteiger charge is 2.12. The molecule has 0 saturated heterocycles. The van der Waals surface area contributed by atoms with Gasteiger partial charge in [0.1, 0.15) is 5.65 Å². The minimum Gasteiger partial charge on any atom is -0.378 e. The van der Waals surface area contributed by atoms with Crippen molar-refractivity contribution in [3.05, 3.63) is 83.7 Å². The number of imidazole rings is 1. The first kappa shape index (κ1) is 18.7. The molecule has 5 heteroatoms. The van der Waals surface area contributed by atoms with E-state index in [-0.39, 0.29) is 5.91 Å². The number of nitrogens with zero attached hydrogens (tertiary/aromatic N) is 3. The van der Waals surface area contributed by atoms with E-state index in [1.165, 1.54) is 0 Å². The standard InChI is InChI=1S/C24H24N4O/c1-16-10-11-18(22-15-28-12-6-7-17(2)23(28)25-22)14-21(16)26-24(29)19-8-5-9-20(13-19)27(3)4/h5-15H,1-4H3,(H,26,29). The molecule has 0 atom stereocenters. The highest BCUT2D eigenvalue weighted by Crippen LogP contribution is 2.26. The minimum absolute atomic E-state index is 0.125. The van der Waals surface area contributed by atoms with Crippen LogP contribution < -0.4 is 10.2 Å². The summed E-state index contributed by atoms with van der Waals surface area (Å²) in [5, 5.41) is 3.06. The second-order valence-electron chi connectivity index (χ2n) is 7.48. The van der Waals surface area contributed by atoms with Crippen LogP contribution >= 0.6 is 0 Å². The molecule has 0 radical (unpaired) electrons. The lowest BCUT2D eigenvalue weighted by molar-refractivity contribution is 0.102.